The Kier molecular flexibility index (Phi) is 1.68. The monoisotopic (exact) mass is 161 g/mol. The van der Waals surface area contributed by atoms with E-state index in [4.69, 9.17) is 0 Å². The van der Waals surface area contributed by atoms with E-state index in [0.717, 1.165) is 0 Å². The maximum absolute atomic E-state index is 4.24. The van der Waals surface area contributed by atoms with Crippen molar-refractivity contribution in [3.63, 3.8) is 0 Å². The van der Waals surface area contributed by atoms with Gasteiger partial charge in [0.15, 0.2) is 6.21 Å². The number of allylic oxidation sites excluding steroid dienone is 2. The Hall–Kier alpha value is -1.18. The zero-order valence-electron chi connectivity index (χ0n) is 7.44. The average molecular weight is 161 g/mol. The topological polar surface area (TPSA) is 15.4 Å². The van der Waals surface area contributed by atoms with Gasteiger partial charge in [-0.1, -0.05) is 18.5 Å². The molecular weight excluding hydrogens is 148 g/mol. The summed E-state index contributed by atoms with van der Waals surface area (Å²) in [7, 11) is 0. The summed E-state index contributed by atoms with van der Waals surface area (Å²) in [6.07, 6.45) is 10.2. The molecule has 0 aromatic rings. The van der Waals surface area contributed by atoms with Crippen molar-refractivity contribution >= 4 is 12.4 Å². The summed E-state index contributed by atoms with van der Waals surface area (Å²) in [6.45, 7) is 4.44. The number of nitrogens with zero attached hydrogens (tertiary/aromatic N) is 2. The van der Waals surface area contributed by atoms with Crippen molar-refractivity contribution in [2.24, 2.45) is 11.0 Å². The zero-order chi connectivity index (χ0) is 8.55. The first-order valence-electron chi connectivity index (χ1n) is 4.33. The Labute approximate surface area is 72.6 Å². The van der Waals surface area contributed by atoms with Gasteiger partial charge in [-0.2, -0.15) is 0 Å². The molecule has 2 heteroatoms. The lowest BCUT2D eigenvalue weighted by molar-refractivity contribution is -0.544. The van der Waals surface area contributed by atoms with Crippen molar-refractivity contribution < 1.29 is 4.68 Å². The molecule has 2 aliphatic rings. The zero-order valence-corrected chi connectivity index (χ0v) is 7.44. The van der Waals surface area contributed by atoms with Crippen LogP contribution in [0.3, 0.4) is 0 Å². The predicted molar refractivity (Wildman–Crippen MR) is 50.7 cm³/mol. The molecule has 0 radical (unpaired) electrons. The van der Waals surface area contributed by atoms with Crippen molar-refractivity contribution in [3.8, 4) is 0 Å². The van der Waals surface area contributed by atoms with Crippen LogP contribution in [0.5, 0.6) is 0 Å². The molecule has 2 heterocycles. The van der Waals surface area contributed by atoms with Crippen molar-refractivity contribution in [1.82, 2.24) is 0 Å². The highest BCUT2D eigenvalue weighted by Crippen LogP contribution is 2.21. The first-order chi connectivity index (χ1) is 5.79. The maximum Gasteiger partial charge on any atom is 0.225 e. The van der Waals surface area contributed by atoms with E-state index >= 15 is 0 Å². The molecule has 12 heavy (non-hydrogen) atoms. The summed E-state index contributed by atoms with van der Waals surface area (Å²) in [5.41, 5.74) is 1.44. The van der Waals surface area contributed by atoms with Gasteiger partial charge in [-0.15, -0.1) is 0 Å². The largest absolute Gasteiger partial charge is 0.225 e. The Morgan fingerprint density at radius 3 is 3.08 bits per heavy atom. The molecule has 1 atom stereocenters. The molecule has 0 aromatic heterocycles. The van der Waals surface area contributed by atoms with Gasteiger partial charge >= 0.3 is 0 Å². The fourth-order valence-electron chi connectivity index (χ4n) is 1.63. The molecule has 1 unspecified atom stereocenters. The predicted octanol–water partition coefficient (Wildman–Crippen LogP) is 1.59. The second-order valence-electron chi connectivity index (χ2n) is 3.44. The van der Waals surface area contributed by atoms with Crippen LogP contribution in [0, 0.1) is 5.92 Å². The lowest BCUT2D eigenvalue weighted by atomic mass is 9.95. The van der Waals surface area contributed by atoms with Crippen molar-refractivity contribution in [1.29, 1.82) is 0 Å². The standard InChI is InChI=1S/C10H13N2/c1-8(2)9-5-6-11-12-7-3-4-10(9)12/h3-8,10H,1-2H3/q+1. The summed E-state index contributed by atoms with van der Waals surface area (Å²) >= 11 is 0. The third kappa shape index (κ3) is 1.04. The van der Waals surface area contributed by atoms with Gasteiger partial charge in [0, 0.05) is 11.6 Å². The van der Waals surface area contributed by atoms with Gasteiger partial charge in [0.1, 0.15) is 0 Å². The second kappa shape index (κ2) is 2.70. The third-order valence-corrected chi connectivity index (χ3v) is 2.29. The van der Waals surface area contributed by atoms with E-state index in [9.17, 15) is 0 Å². The lowest BCUT2D eigenvalue weighted by Crippen LogP contribution is -2.25. The number of hydrogen-bond donors (Lipinski definition) is 0. The minimum absolute atomic E-state index is 0.384. The quantitative estimate of drug-likeness (QED) is 0.519. The third-order valence-electron chi connectivity index (χ3n) is 2.29. The molecule has 0 amide bonds. The molecule has 0 bridgehead atoms. The minimum atomic E-state index is 0.384. The van der Waals surface area contributed by atoms with Crippen LogP contribution >= 0.6 is 0 Å². The van der Waals surface area contributed by atoms with Crippen LogP contribution in [0.4, 0.5) is 0 Å². The maximum atomic E-state index is 4.24. The summed E-state index contributed by atoms with van der Waals surface area (Å²) in [5, 5.41) is 4.24. The van der Waals surface area contributed by atoms with E-state index in [2.05, 4.69) is 37.2 Å². The van der Waals surface area contributed by atoms with Crippen molar-refractivity contribution in [2.45, 2.75) is 19.9 Å². The minimum Gasteiger partial charge on any atom is -0.0808 e. The van der Waals surface area contributed by atoms with Gasteiger partial charge in [0.2, 0.25) is 6.04 Å². The number of hydrogen-bond acceptors (Lipinski definition) is 1. The Balaban J connectivity index is 2.35. The highest BCUT2D eigenvalue weighted by molar-refractivity contribution is 5.76. The SMILES string of the molecule is CC(C)C1=CC=N[N+]2=CC=CC12. The van der Waals surface area contributed by atoms with E-state index in [1.54, 1.807) is 0 Å². The highest BCUT2D eigenvalue weighted by atomic mass is 15.4. The molecule has 0 spiro atoms. The van der Waals surface area contributed by atoms with Crippen LogP contribution in [-0.2, 0) is 0 Å². The van der Waals surface area contributed by atoms with E-state index in [1.807, 2.05) is 17.1 Å². The molecule has 2 rings (SSSR count). The number of hydrazone groups is 1. The first-order valence-corrected chi connectivity index (χ1v) is 4.33. The van der Waals surface area contributed by atoms with Gasteiger partial charge in [0.25, 0.3) is 0 Å². The van der Waals surface area contributed by atoms with Crippen LogP contribution in [-0.4, -0.2) is 23.2 Å². The number of rotatable bonds is 1. The molecule has 2 nitrogen and oxygen atoms in total. The molecule has 0 saturated carbocycles. The van der Waals surface area contributed by atoms with E-state index < -0.39 is 0 Å². The number of fused-ring (bicyclic) bond motifs is 1. The van der Waals surface area contributed by atoms with E-state index in [0.29, 0.717) is 12.0 Å². The molecule has 2 aliphatic heterocycles. The summed E-state index contributed by atoms with van der Waals surface area (Å²) in [5.74, 6) is 0.598. The fraction of sp³-hybridized carbons (Fsp3) is 0.400. The Bertz CT molecular complexity index is 306. The Morgan fingerprint density at radius 1 is 1.50 bits per heavy atom. The normalized spacial score (nSPS) is 25.8. The van der Waals surface area contributed by atoms with Crippen molar-refractivity contribution in [3.05, 3.63) is 23.8 Å². The molecule has 0 saturated heterocycles. The first kappa shape index (κ1) is 7.47. The van der Waals surface area contributed by atoms with E-state index in [-0.39, 0.29) is 0 Å². The van der Waals surface area contributed by atoms with Crippen LogP contribution < -0.4 is 0 Å². The molecule has 0 aliphatic carbocycles. The summed E-state index contributed by atoms with van der Waals surface area (Å²) < 4.78 is 2.00. The van der Waals surface area contributed by atoms with Crippen LogP contribution in [0.1, 0.15) is 13.8 Å². The fourth-order valence-corrected chi connectivity index (χ4v) is 1.63. The summed E-state index contributed by atoms with van der Waals surface area (Å²) in [4.78, 5) is 0. The Morgan fingerprint density at radius 2 is 2.33 bits per heavy atom. The van der Waals surface area contributed by atoms with Gasteiger partial charge in [-0.25, -0.2) is 0 Å². The van der Waals surface area contributed by atoms with Gasteiger partial charge in [0.05, 0.1) is 6.21 Å². The molecule has 0 aromatic carbocycles. The molecule has 0 N–H and O–H groups in total. The molecule has 0 fully saturated rings. The van der Waals surface area contributed by atoms with Gasteiger partial charge in [-0.3, -0.25) is 0 Å². The van der Waals surface area contributed by atoms with Crippen LogP contribution in [0.15, 0.2) is 28.9 Å². The molecular formula is C10H13N2+. The smallest absolute Gasteiger partial charge is 0.0808 e. The van der Waals surface area contributed by atoms with E-state index in [1.165, 1.54) is 5.57 Å². The molecule has 62 valence electrons. The lowest BCUT2D eigenvalue weighted by Gasteiger charge is -2.14. The average Bonchev–Trinajstić information content (AvgIpc) is 2.49. The van der Waals surface area contributed by atoms with Gasteiger partial charge in [-0.05, 0) is 23.2 Å². The second-order valence-corrected chi connectivity index (χ2v) is 3.44. The highest BCUT2D eigenvalue weighted by Gasteiger charge is 2.29. The summed E-state index contributed by atoms with van der Waals surface area (Å²) in [6, 6.07) is 0.384. The van der Waals surface area contributed by atoms with Crippen LogP contribution in [0.25, 0.3) is 0 Å². The van der Waals surface area contributed by atoms with Crippen LogP contribution in [0.2, 0.25) is 0 Å². The van der Waals surface area contributed by atoms with Gasteiger partial charge < -0.3 is 0 Å². The van der Waals surface area contributed by atoms with Crippen molar-refractivity contribution in [2.75, 3.05) is 0 Å².